The maximum Gasteiger partial charge on any atom is 0.321 e. The molecule has 1 aliphatic heterocycles. The minimum atomic E-state index is -0.866. The quantitative estimate of drug-likeness (QED) is 0.602. The molecule has 0 bridgehead atoms. The number of nitrogens with zero attached hydrogens (tertiary/aromatic N) is 1. The van der Waals surface area contributed by atoms with E-state index in [2.05, 4.69) is 10.1 Å². The number of rotatable bonds is 6. The van der Waals surface area contributed by atoms with Gasteiger partial charge in [0.2, 0.25) is 0 Å². The van der Waals surface area contributed by atoms with Gasteiger partial charge in [0.15, 0.2) is 0 Å². The van der Waals surface area contributed by atoms with Crippen molar-refractivity contribution >= 4 is 35.4 Å². The van der Waals surface area contributed by atoms with Crippen LogP contribution in [-0.2, 0) is 14.3 Å². The molecule has 1 aliphatic rings. The lowest BCUT2D eigenvalue weighted by atomic mass is 10.1. The number of aliphatic carboxylic acids is 1. The third-order valence-corrected chi connectivity index (χ3v) is 4.71. The molecule has 1 heterocycles. The highest BCUT2D eigenvalue weighted by atomic mass is 32.2. The average molecular weight is 352 g/mol. The predicted octanol–water partition coefficient (Wildman–Crippen LogP) is 2.28. The normalized spacial score (nSPS) is 16.7. The average Bonchev–Trinajstić information content (AvgIpc) is 3.05. The number of anilines is 1. The minimum absolute atomic E-state index is 0.231. The van der Waals surface area contributed by atoms with E-state index in [1.807, 2.05) is 18.2 Å². The van der Waals surface area contributed by atoms with Crippen LogP contribution in [0.4, 0.5) is 10.5 Å². The van der Waals surface area contributed by atoms with Crippen molar-refractivity contribution < 1.29 is 24.2 Å². The van der Waals surface area contributed by atoms with Crippen LogP contribution < -0.4 is 5.32 Å². The number of urea groups is 1. The number of nitrogens with one attached hydrogen (secondary N) is 1. The summed E-state index contributed by atoms with van der Waals surface area (Å²) < 4.78 is 4.59. The number of ether oxygens (including phenoxy) is 1. The highest BCUT2D eigenvalue weighted by molar-refractivity contribution is 7.99. The van der Waals surface area contributed by atoms with Gasteiger partial charge in [-0.1, -0.05) is 6.07 Å². The Balaban J connectivity index is 1.86. The molecule has 1 atom stereocenters. The molecule has 1 fully saturated rings. The molecular weight excluding hydrogens is 332 g/mol. The first kappa shape index (κ1) is 18.1. The van der Waals surface area contributed by atoms with Gasteiger partial charge in [-0.05, 0) is 24.6 Å². The van der Waals surface area contributed by atoms with Crippen molar-refractivity contribution in [2.24, 2.45) is 5.92 Å². The first-order valence-corrected chi connectivity index (χ1v) is 8.56. The lowest BCUT2D eigenvalue weighted by Gasteiger charge is -2.17. The second kappa shape index (κ2) is 8.58. The van der Waals surface area contributed by atoms with Crippen molar-refractivity contribution in [1.82, 2.24) is 4.90 Å². The van der Waals surface area contributed by atoms with Gasteiger partial charge in [0, 0.05) is 29.4 Å². The highest BCUT2D eigenvalue weighted by Gasteiger charge is 2.30. The first-order valence-electron chi connectivity index (χ1n) is 7.58. The van der Waals surface area contributed by atoms with Crippen LogP contribution in [0.5, 0.6) is 0 Å². The summed E-state index contributed by atoms with van der Waals surface area (Å²) in [7, 11) is 1.36. The molecule has 8 heteroatoms. The lowest BCUT2D eigenvalue weighted by Crippen LogP contribution is -2.33. The van der Waals surface area contributed by atoms with Crippen molar-refractivity contribution in [2.45, 2.75) is 17.7 Å². The Kier molecular flexibility index (Phi) is 6.48. The van der Waals surface area contributed by atoms with Crippen LogP contribution in [0.1, 0.15) is 12.8 Å². The van der Waals surface area contributed by atoms with Crippen LogP contribution in [0.2, 0.25) is 0 Å². The molecule has 0 aromatic heterocycles. The summed E-state index contributed by atoms with van der Waals surface area (Å²) in [6.07, 6.45) is 0.800. The Morgan fingerprint density at radius 3 is 2.88 bits per heavy atom. The van der Waals surface area contributed by atoms with Crippen molar-refractivity contribution in [3.05, 3.63) is 24.3 Å². The van der Waals surface area contributed by atoms with E-state index in [4.69, 9.17) is 5.11 Å². The number of carbonyl (C=O) groups is 3. The third kappa shape index (κ3) is 5.16. The monoisotopic (exact) mass is 352 g/mol. The zero-order chi connectivity index (χ0) is 17.5. The van der Waals surface area contributed by atoms with Gasteiger partial charge < -0.3 is 20.1 Å². The highest BCUT2D eigenvalue weighted by Crippen LogP contribution is 2.23. The minimum Gasteiger partial charge on any atom is -0.481 e. The van der Waals surface area contributed by atoms with Gasteiger partial charge in [-0.2, -0.15) is 0 Å². The molecule has 1 unspecified atom stereocenters. The molecule has 2 N–H and O–H groups in total. The zero-order valence-corrected chi connectivity index (χ0v) is 14.2. The molecule has 7 nitrogen and oxygen atoms in total. The molecule has 1 aromatic rings. The van der Waals surface area contributed by atoms with E-state index in [0.717, 1.165) is 4.90 Å². The van der Waals surface area contributed by atoms with E-state index in [1.54, 1.807) is 6.07 Å². The standard InChI is InChI=1S/C16H20N2O5S/c1-23-14(19)6-8-24-13-4-2-3-12(9-13)17-16(22)18-7-5-11(10-18)15(20)21/h2-4,9,11H,5-8,10H2,1H3,(H,17,22)(H,20,21). The predicted molar refractivity (Wildman–Crippen MR) is 90.1 cm³/mol. The summed E-state index contributed by atoms with van der Waals surface area (Å²) in [5.41, 5.74) is 0.641. The number of hydrogen-bond acceptors (Lipinski definition) is 5. The number of esters is 1. The molecule has 1 aromatic carbocycles. The largest absolute Gasteiger partial charge is 0.481 e. The van der Waals surface area contributed by atoms with Gasteiger partial charge in [0.05, 0.1) is 19.4 Å². The summed E-state index contributed by atoms with van der Waals surface area (Å²) >= 11 is 1.50. The van der Waals surface area contributed by atoms with Crippen LogP contribution in [0.25, 0.3) is 0 Å². The van der Waals surface area contributed by atoms with Gasteiger partial charge in [-0.25, -0.2) is 4.79 Å². The van der Waals surface area contributed by atoms with Gasteiger partial charge in [-0.15, -0.1) is 11.8 Å². The summed E-state index contributed by atoms with van der Waals surface area (Å²) in [4.78, 5) is 36.7. The lowest BCUT2D eigenvalue weighted by molar-refractivity contribution is -0.141. The maximum atomic E-state index is 12.2. The summed E-state index contributed by atoms with van der Waals surface area (Å²) in [5.74, 6) is -1.02. The maximum absolute atomic E-state index is 12.2. The summed E-state index contributed by atoms with van der Waals surface area (Å²) in [6, 6.07) is 7.02. The van der Waals surface area contributed by atoms with Crippen LogP contribution in [0.15, 0.2) is 29.2 Å². The molecule has 2 amide bonds. The molecule has 1 saturated heterocycles. The van der Waals surface area contributed by atoms with Gasteiger partial charge in [0.1, 0.15) is 0 Å². The van der Waals surface area contributed by atoms with Gasteiger partial charge in [-0.3, -0.25) is 9.59 Å². The topological polar surface area (TPSA) is 95.9 Å². The van der Waals surface area contributed by atoms with Crippen molar-refractivity contribution in [1.29, 1.82) is 0 Å². The van der Waals surface area contributed by atoms with Crippen LogP contribution in [0, 0.1) is 5.92 Å². The first-order chi connectivity index (χ1) is 11.5. The molecule has 130 valence electrons. The Hall–Kier alpha value is -2.22. The second-order valence-electron chi connectivity index (χ2n) is 5.40. The fourth-order valence-electron chi connectivity index (χ4n) is 2.37. The van der Waals surface area contributed by atoms with E-state index in [1.165, 1.54) is 23.8 Å². The van der Waals surface area contributed by atoms with Crippen molar-refractivity contribution in [3.63, 3.8) is 0 Å². The van der Waals surface area contributed by atoms with E-state index in [0.29, 0.717) is 30.8 Å². The SMILES string of the molecule is COC(=O)CCSc1cccc(NC(=O)N2CCC(C(=O)O)C2)c1. The van der Waals surface area contributed by atoms with Crippen LogP contribution in [-0.4, -0.2) is 53.9 Å². The second-order valence-corrected chi connectivity index (χ2v) is 6.57. The summed E-state index contributed by atoms with van der Waals surface area (Å²) in [5, 5.41) is 11.8. The van der Waals surface area contributed by atoms with E-state index >= 15 is 0 Å². The molecule has 0 radical (unpaired) electrons. The van der Waals surface area contributed by atoms with Crippen molar-refractivity contribution in [3.8, 4) is 0 Å². The fraction of sp³-hybridized carbons (Fsp3) is 0.438. The number of thioether (sulfide) groups is 1. The number of carboxylic acid groups (broad SMARTS) is 1. The molecule has 0 aliphatic carbocycles. The Morgan fingerprint density at radius 2 is 2.21 bits per heavy atom. The third-order valence-electron chi connectivity index (χ3n) is 3.71. The molecule has 0 spiro atoms. The van der Waals surface area contributed by atoms with Crippen LogP contribution in [0.3, 0.4) is 0 Å². The Labute approximate surface area is 144 Å². The number of methoxy groups -OCH3 is 1. The summed E-state index contributed by atoms with van der Waals surface area (Å²) in [6.45, 7) is 0.672. The van der Waals surface area contributed by atoms with E-state index in [-0.39, 0.29) is 18.5 Å². The molecule has 24 heavy (non-hydrogen) atoms. The zero-order valence-electron chi connectivity index (χ0n) is 13.4. The fourth-order valence-corrected chi connectivity index (χ4v) is 3.26. The smallest absolute Gasteiger partial charge is 0.321 e. The van der Waals surface area contributed by atoms with E-state index < -0.39 is 11.9 Å². The van der Waals surface area contributed by atoms with E-state index in [9.17, 15) is 14.4 Å². The molecule has 2 rings (SSSR count). The van der Waals surface area contributed by atoms with Gasteiger partial charge >= 0.3 is 18.0 Å². The van der Waals surface area contributed by atoms with Crippen molar-refractivity contribution in [2.75, 3.05) is 31.3 Å². The van der Waals surface area contributed by atoms with Crippen LogP contribution >= 0.6 is 11.8 Å². The number of carboxylic acids is 1. The van der Waals surface area contributed by atoms with Gasteiger partial charge in [0.25, 0.3) is 0 Å². The number of likely N-dealkylation sites (tertiary alicyclic amines) is 1. The number of carbonyl (C=O) groups excluding carboxylic acids is 2. The number of benzene rings is 1. The number of amides is 2. The Morgan fingerprint density at radius 1 is 1.42 bits per heavy atom. The number of hydrogen-bond donors (Lipinski definition) is 2. The molecular formula is C16H20N2O5S. The Bertz CT molecular complexity index is 622. The molecule has 0 saturated carbocycles.